The van der Waals surface area contributed by atoms with Crippen molar-refractivity contribution in [3.05, 3.63) is 93.5 Å². The molecule has 144 valence electrons. The standard InChI is InChI=1S/C21H15N3O5/c25-20(22-17-9-5-4-8-16(17)14-6-2-1-3-7-14)13-23-18-12-15(24(27)28)10-11-19(18)29-21(23)26/h1-12H,13H2,(H,22,25). The highest BCUT2D eigenvalue weighted by Gasteiger charge is 2.17. The number of nitro benzene ring substituents is 1. The average molecular weight is 389 g/mol. The second-order valence-corrected chi connectivity index (χ2v) is 6.32. The summed E-state index contributed by atoms with van der Waals surface area (Å²) in [5.41, 5.74) is 2.54. The van der Waals surface area contributed by atoms with Gasteiger partial charge in [0.05, 0.1) is 10.4 Å². The van der Waals surface area contributed by atoms with Gasteiger partial charge in [-0.3, -0.25) is 19.5 Å². The van der Waals surface area contributed by atoms with Crippen molar-refractivity contribution in [2.24, 2.45) is 0 Å². The van der Waals surface area contributed by atoms with Gasteiger partial charge in [-0.25, -0.2) is 4.79 Å². The summed E-state index contributed by atoms with van der Waals surface area (Å²) in [6, 6.07) is 20.7. The molecule has 0 bridgehead atoms. The molecule has 0 saturated heterocycles. The van der Waals surface area contributed by atoms with Crippen LogP contribution in [0, 0.1) is 10.1 Å². The van der Waals surface area contributed by atoms with Crippen molar-refractivity contribution in [3.63, 3.8) is 0 Å². The van der Waals surface area contributed by atoms with Crippen LogP contribution in [0.15, 0.2) is 82.0 Å². The van der Waals surface area contributed by atoms with Crippen LogP contribution in [0.2, 0.25) is 0 Å². The summed E-state index contributed by atoms with van der Waals surface area (Å²) in [4.78, 5) is 35.2. The molecule has 0 aliphatic carbocycles. The van der Waals surface area contributed by atoms with E-state index in [1.807, 2.05) is 42.5 Å². The van der Waals surface area contributed by atoms with Crippen molar-refractivity contribution >= 4 is 28.4 Å². The van der Waals surface area contributed by atoms with Crippen LogP contribution < -0.4 is 11.1 Å². The number of oxazole rings is 1. The van der Waals surface area contributed by atoms with Crippen LogP contribution >= 0.6 is 0 Å². The molecule has 1 amide bonds. The lowest BCUT2D eigenvalue weighted by Crippen LogP contribution is -2.25. The second-order valence-electron chi connectivity index (χ2n) is 6.32. The van der Waals surface area contributed by atoms with Crippen LogP contribution in [0.4, 0.5) is 11.4 Å². The van der Waals surface area contributed by atoms with E-state index in [0.717, 1.165) is 15.7 Å². The third-order valence-corrected chi connectivity index (χ3v) is 4.45. The highest BCUT2D eigenvalue weighted by molar-refractivity contribution is 5.96. The first-order chi connectivity index (χ1) is 14.0. The second kappa shape index (κ2) is 7.43. The van der Waals surface area contributed by atoms with Crippen molar-refractivity contribution in [1.82, 2.24) is 4.57 Å². The highest BCUT2D eigenvalue weighted by Crippen LogP contribution is 2.27. The number of para-hydroxylation sites is 1. The third-order valence-electron chi connectivity index (χ3n) is 4.45. The molecule has 4 rings (SSSR count). The number of aromatic nitrogens is 1. The van der Waals surface area contributed by atoms with Gasteiger partial charge in [-0.1, -0.05) is 48.5 Å². The lowest BCUT2D eigenvalue weighted by molar-refractivity contribution is -0.384. The van der Waals surface area contributed by atoms with Crippen LogP contribution in [0.1, 0.15) is 0 Å². The monoisotopic (exact) mass is 389 g/mol. The lowest BCUT2D eigenvalue weighted by Gasteiger charge is -2.11. The summed E-state index contributed by atoms with van der Waals surface area (Å²) < 4.78 is 6.15. The van der Waals surface area contributed by atoms with Crippen LogP contribution in [-0.2, 0) is 11.3 Å². The molecular formula is C21H15N3O5. The smallest absolute Gasteiger partial charge is 0.408 e. The number of carbonyl (C=O) groups is 1. The molecule has 8 nitrogen and oxygen atoms in total. The van der Waals surface area contributed by atoms with Gasteiger partial charge in [0.2, 0.25) is 5.91 Å². The molecule has 0 atom stereocenters. The summed E-state index contributed by atoms with van der Waals surface area (Å²) in [6.45, 7) is -0.337. The number of rotatable bonds is 5. The molecule has 1 N–H and O–H groups in total. The Bertz CT molecular complexity index is 1270. The number of carbonyl (C=O) groups excluding carboxylic acids is 1. The maximum absolute atomic E-state index is 12.6. The fourth-order valence-electron chi connectivity index (χ4n) is 3.11. The SMILES string of the molecule is O=C(Cn1c(=O)oc2ccc([N+](=O)[O-])cc21)Nc1ccccc1-c1ccccc1. The van der Waals surface area contributed by atoms with E-state index in [-0.39, 0.29) is 23.3 Å². The largest absolute Gasteiger partial charge is 0.420 e. The highest BCUT2D eigenvalue weighted by atomic mass is 16.6. The summed E-state index contributed by atoms with van der Waals surface area (Å²) in [5, 5.41) is 13.8. The summed E-state index contributed by atoms with van der Waals surface area (Å²) in [5.74, 6) is -1.21. The zero-order valence-electron chi connectivity index (χ0n) is 15.1. The number of hydrogen-bond acceptors (Lipinski definition) is 5. The van der Waals surface area contributed by atoms with Gasteiger partial charge in [0.25, 0.3) is 5.69 Å². The molecule has 0 spiro atoms. The van der Waals surface area contributed by atoms with Crippen molar-refractivity contribution in [1.29, 1.82) is 0 Å². The van der Waals surface area contributed by atoms with E-state index >= 15 is 0 Å². The van der Waals surface area contributed by atoms with Gasteiger partial charge in [-0.05, 0) is 17.7 Å². The Hall–Kier alpha value is -4.20. The molecule has 0 fully saturated rings. The summed E-state index contributed by atoms with van der Waals surface area (Å²) >= 11 is 0. The molecule has 0 aliphatic heterocycles. The number of nitrogens with one attached hydrogen (secondary N) is 1. The van der Waals surface area contributed by atoms with E-state index in [1.165, 1.54) is 18.2 Å². The van der Waals surface area contributed by atoms with E-state index in [1.54, 1.807) is 12.1 Å². The molecule has 8 heteroatoms. The predicted molar refractivity (Wildman–Crippen MR) is 108 cm³/mol. The maximum atomic E-state index is 12.6. The molecule has 0 radical (unpaired) electrons. The molecule has 1 heterocycles. The van der Waals surface area contributed by atoms with Crippen molar-refractivity contribution in [3.8, 4) is 11.1 Å². The minimum absolute atomic E-state index is 0.179. The van der Waals surface area contributed by atoms with Gasteiger partial charge in [-0.15, -0.1) is 0 Å². The molecule has 29 heavy (non-hydrogen) atoms. The van der Waals surface area contributed by atoms with Gasteiger partial charge >= 0.3 is 5.76 Å². The van der Waals surface area contributed by atoms with Gasteiger partial charge in [0.15, 0.2) is 5.58 Å². The zero-order chi connectivity index (χ0) is 20.4. The van der Waals surface area contributed by atoms with E-state index in [0.29, 0.717) is 5.69 Å². The van der Waals surface area contributed by atoms with E-state index in [9.17, 15) is 19.7 Å². The van der Waals surface area contributed by atoms with Crippen LogP contribution in [0.25, 0.3) is 22.2 Å². The number of nitrogens with zero attached hydrogens (tertiary/aromatic N) is 2. The minimum Gasteiger partial charge on any atom is -0.408 e. The molecular weight excluding hydrogens is 374 g/mol. The fraction of sp³-hybridized carbons (Fsp3) is 0.0476. The number of hydrogen-bond donors (Lipinski definition) is 1. The Balaban J connectivity index is 1.64. The van der Waals surface area contributed by atoms with Crippen LogP contribution in [-0.4, -0.2) is 15.4 Å². The van der Waals surface area contributed by atoms with Crippen LogP contribution in [0.3, 0.4) is 0 Å². The first-order valence-electron chi connectivity index (χ1n) is 8.75. The fourth-order valence-corrected chi connectivity index (χ4v) is 3.11. The number of nitro groups is 1. The Kier molecular flexibility index (Phi) is 4.66. The van der Waals surface area contributed by atoms with Crippen molar-refractivity contribution in [2.45, 2.75) is 6.54 Å². The van der Waals surface area contributed by atoms with Crippen molar-refractivity contribution < 1.29 is 14.1 Å². The third kappa shape index (κ3) is 3.63. The van der Waals surface area contributed by atoms with E-state index < -0.39 is 16.6 Å². The first kappa shape index (κ1) is 18.2. The number of fused-ring (bicyclic) bond motifs is 1. The Morgan fingerprint density at radius 2 is 1.76 bits per heavy atom. The summed E-state index contributed by atoms with van der Waals surface area (Å²) in [6.07, 6.45) is 0. The number of amides is 1. The van der Waals surface area contributed by atoms with E-state index in [2.05, 4.69) is 5.32 Å². The van der Waals surface area contributed by atoms with Crippen molar-refractivity contribution in [2.75, 3.05) is 5.32 Å². The molecule has 3 aromatic carbocycles. The predicted octanol–water partition coefficient (Wildman–Crippen LogP) is 3.81. The number of non-ortho nitro benzene ring substituents is 1. The van der Waals surface area contributed by atoms with Crippen LogP contribution in [0.5, 0.6) is 0 Å². The number of benzene rings is 3. The molecule has 1 aromatic heterocycles. The van der Waals surface area contributed by atoms with Gasteiger partial charge in [0.1, 0.15) is 6.54 Å². The lowest BCUT2D eigenvalue weighted by atomic mass is 10.0. The Morgan fingerprint density at radius 3 is 2.52 bits per heavy atom. The topological polar surface area (TPSA) is 107 Å². The zero-order valence-corrected chi connectivity index (χ0v) is 15.1. The quantitative estimate of drug-likeness (QED) is 0.412. The average Bonchev–Trinajstić information content (AvgIpc) is 3.03. The molecule has 0 saturated carbocycles. The Morgan fingerprint density at radius 1 is 1.03 bits per heavy atom. The molecule has 0 aliphatic rings. The molecule has 4 aromatic rings. The maximum Gasteiger partial charge on any atom is 0.420 e. The minimum atomic E-state index is -0.757. The summed E-state index contributed by atoms with van der Waals surface area (Å²) in [7, 11) is 0. The van der Waals surface area contributed by atoms with Gasteiger partial charge in [0, 0.05) is 23.4 Å². The molecule has 0 unspecified atom stereocenters. The Labute approximate surface area is 164 Å². The van der Waals surface area contributed by atoms with Gasteiger partial charge < -0.3 is 9.73 Å². The van der Waals surface area contributed by atoms with Gasteiger partial charge in [-0.2, -0.15) is 0 Å². The van der Waals surface area contributed by atoms with E-state index in [4.69, 9.17) is 4.42 Å². The first-order valence-corrected chi connectivity index (χ1v) is 8.75. The normalized spacial score (nSPS) is 10.8. The number of anilines is 1.